The lowest BCUT2D eigenvalue weighted by Crippen LogP contribution is -1.85. The second-order valence-corrected chi connectivity index (χ2v) is 3.50. The molecular formula is C9H6BrNO2. The van der Waals surface area contributed by atoms with Crippen LogP contribution < -0.4 is 0 Å². The number of carbonyl (C=O) groups excluding carboxylic acids is 1. The van der Waals surface area contributed by atoms with Crippen LogP contribution >= 0.6 is 15.9 Å². The van der Waals surface area contributed by atoms with Gasteiger partial charge in [0.2, 0.25) is 0 Å². The fourth-order valence-corrected chi connectivity index (χ4v) is 1.79. The van der Waals surface area contributed by atoms with Crippen molar-refractivity contribution in [1.82, 2.24) is 4.98 Å². The topological polar surface area (TPSA) is 43.1 Å². The highest BCUT2D eigenvalue weighted by Gasteiger charge is 2.05. The molecule has 0 saturated carbocycles. The molecule has 1 aromatic carbocycles. The molecule has 3 nitrogen and oxygen atoms in total. The number of carbonyl (C=O) groups is 1. The lowest BCUT2D eigenvalue weighted by Gasteiger charge is -1.96. The first-order valence-corrected chi connectivity index (χ1v) is 4.56. The van der Waals surface area contributed by atoms with E-state index >= 15 is 0 Å². The minimum absolute atomic E-state index is 0.404. The zero-order valence-electron chi connectivity index (χ0n) is 6.66. The molecule has 66 valence electrons. The summed E-state index contributed by atoms with van der Waals surface area (Å²) < 4.78 is 5.97. The quantitative estimate of drug-likeness (QED) is 0.756. The lowest BCUT2D eigenvalue weighted by atomic mass is 10.1. The molecule has 4 heteroatoms. The van der Waals surface area contributed by atoms with E-state index in [2.05, 4.69) is 20.9 Å². The SMILES string of the molecule is O=CCc1cc(Br)c2ocnc2c1. The van der Waals surface area contributed by atoms with Crippen LogP contribution in [0.15, 0.2) is 27.4 Å². The first-order chi connectivity index (χ1) is 6.31. The van der Waals surface area contributed by atoms with Gasteiger partial charge in [-0.3, -0.25) is 0 Å². The van der Waals surface area contributed by atoms with Crippen molar-refractivity contribution in [3.8, 4) is 0 Å². The van der Waals surface area contributed by atoms with E-state index in [4.69, 9.17) is 4.42 Å². The molecule has 2 aromatic rings. The number of aldehydes is 1. The highest BCUT2D eigenvalue weighted by molar-refractivity contribution is 9.10. The molecule has 0 radical (unpaired) electrons. The maximum atomic E-state index is 10.3. The second kappa shape index (κ2) is 3.30. The van der Waals surface area contributed by atoms with Crippen LogP contribution in [-0.4, -0.2) is 11.3 Å². The molecule has 13 heavy (non-hydrogen) atoms. The summed E-state index contributed by atoms with van der Waals surface area (Å²) in [6.45, 7) is 0. The average Bonchev–Trinajstić information content (AvgIpc) is 2.53. The van der Waals surface area contributed by atoms with Crippen LogP contribution in [0.25, 0.3) is 11.1 Å². The molecule has 0 aliphatic carbocycles. The van der Waals surface area contributed by atoms with Crippen molar-refractivity contribution >= 4 is 33.3 Å². The van der Waals surface area contributed by atoms with Crippen LogP contribution in [-0.2, 0) is 11.2 Å². The lowest BCUT2D eigenvalue weighted by molar-refractivity contribution is -0.107. The van der Waals surface area contributed by atoms with Crippen LogP contribution in [0, 0.1) is 0 Å². The fourth-order valence-electron chi connectivity index (χ4n) is 1.20. The van der Waals surface area contributed by atoms with E-state index < -0.39 is 0 Å². The number of hydrogen-bond donors (Lipinski definition) is 0. The third kappa shape index (κ3) is 1.49. The van der Waals surface area contributed by atoms with E-state index in [0.717, 1.165) is 27.4 Å². The first-order valence-electron chi connectivity index (χ1n) is 3.76. The predicted molar refractivity (Wildman–Crippen MR) is 51.5 cm³/mol. The Balaban J connectivity index is 2.62. The molecule has 0 amide bonds. The number of rotatable bonds is 2. The van der Waals surface area contributed by atoms with Gasteiger partial charge in [0, 0.05) is 6.42 Å². The van der Waals surface area contributed by atoms with Crippen molar-refractivity contribution in [2.45, 2.75) is 6.42 Å². The fraction of sp³-hybridized carbons (Fsp3) is 0.111. The summed E-state index contributed by atoms with van der Waals surface area (Å²) in [5, 5.41) is 0. The van der Waals surface area contributed by atoms with Gasteiger partial charge in [0.1, 0.15) is 11.8 Å². The van der Waals surface area contributed by atoms with Crippen molar-refractivity contribution in [2.24, 2.45) is 0 Å². The van der Waals surface area contributed by atoms with E-state index in [1.807, 2.05) is 12.1 Å². The maximum absolute atomic E-state index is 10.3. The molecule has 0 N–H and O–H groups in total. The Hall–Kier alpha value is -1.16. The maximum Gasteiger partial charge on any atom is 0.182 e. The zero-order valence-corrected chi connectivity index (χ0v) is 8.24. The van der Waals surface area contributed by atoms with Gasteiger partial charge in [-0.25, -0.2) is 4.98 Å². The molecule has 0 saturated heterocycles. The van der Waals surface area contributed by atoms with Gasteiger partial charge in [0.05, 0.1) is 4.47 Å². The summed E-state index contributed by atoms with van der Waals surface area (Å²) in [6.07, 6.45) is 2.66. The molecule has 1 heterocycles. The van der Waals surface area contributed by atoms with Gasteiger partial charge in [0.15, 0.2) is 12.0 Å². The molecule has 0 spiro atoms. The summed E-state index contributed by atoms with van der Waals surface area (Å²) in [5.74, 6) is 0. The third-order valence-corrected chi connectivity index (χ3v) is 2.35. The standard InChI is InChI=1S/C9H6BrNO2/c10-7-3-6(1-2-12)4-8-9(7)13-5-11-8/h2-5H,1H2. The van der Waals surface area contributed by atoms with Gasteiger partial charge >= 0.3 is 0 Å². The van der Waals surface area contributed by atoms with E-state index in [-0.39, 0.29) is 0 Å². The summed E-state index contributed by atoms with van der Waals surface area (Å²) >= 11 is 3.35. The Morgan fingerprint density at radius 3 is 3.15 bits per heavy atom. The number of halogens is 1. The molecule has 0 aliphatic rings. The van der Waals surface area contributed by atoms with Crippen molar-refractivity contribution in [3.05, 3.63) is 28.6 Å². The number of oxazole rings is 1. The van der Waals surface area contributed by atoms with E-state index in [1.165, 1.54) is 6.39 Å². The average molecular weight is 240 g/mol. The van der Waals surface area contributed by atoms with Crippen molar-refractivity contribution in [1.29, 1.82) is 0 Å². The molecule has 0 fully saturated rings. The minimum atomic E-state index is 0.404. The van der Waals surface area contributed by atoms with Crippen LogP contribution in [0.2, 0.25) is 0 Å². The van der Waals surface area contributed by atoms with Crippen LogP contribution in [0.5, 0.6) is 0 Å². The van der Waals surface area contributed by atoms with Crippen LogP contribution in [0.4, 0.5) is 0 Å². The Bertz CT molecular complexity index is 450. The predicted octanol–water partition coefficient (Wildman–Crippen LogP) is 2.33. The Labute approximate surface area is 82.9 Å². The summed E-state index contributed by atoms with van der Waals surface area (Å²) in [6, 6.07) is 3.71. The Kier molecular flexibility index (Phi) is 2.14. The summed E-state index contributed by atoms with van der Waals surface area (Å²) in [7, 11) is 0. The molecule has 0 atom stereocenters. The zero-order chi connectivity index (χ0) is 9.26. The van der Waals surface area contributed by atoms with E-state index in [9.17, 15) is 4.79 Å². The Morgan fingerprint density at radius 1 is 1.54 bits per heavy atom. The van der Waals surface area contributed by atoms with Gasteiger partial charge in [-0.15, -0.1) is 0 Å². The summed E-state index contributed by atoms with van der Waals surface area (Å²) in [4.78, 5) is 14.3. The van der Waals surface area contributed by atoms with Gasteiger partial charge in [0.25, 0.3) is 0 Å². The number of fused-ring (bicyclic) bond motifs is 1. The van der Waals surface area contributed by atoms with Gasteiger partial charge in [-0.2, -0.15) is 0 Å². The van der Waals surface area contributed by atoms with Crippen molar-refractivity contribution in [2.75, 3.05) is 0 Å². The first kappa shape index (κ1) is 8.44. The second-order valence-electron chi connectivity index (χ2n) is 2.65. The molecule has 2 rings (SSSR count). The van der Waals surface area contributed by atoms with Gasteiger partial charge in [-0.05, 0) is 33.6 Å². The van der Waals surface area contributed by atoms with Crippen LogP contribution in [0.3, 0.4) is 0 Å². The molecule has 1 aromatic heterocycles. The monoisotopic (exact) mass is 239 g/mol. The molecule has 0 aliphatic heterocycles. The van der Waals surface area contributed by atoms with Crippen molar-refractivity contribution < 1.29 is 9.21 Å². The molecular weight excluding hydrogens is 234 g/mol. The number of aromatic nitrogens is 1. The number of nitrogens with zero attached hydrogens (tertiary/aromatic N) is 1. The molecule has 0 unspecified atom stereocenters. The Morgan fingerprint density at radius 2 is 2.38 bits per heavy atom. The summed E-state index contributed by atoms with van der Waals surface area (Å²) in [5.41, 5.74) is 2.42. The number of benzene rings is 1. The van der Waals surface area contributed by atoms with Crippen molar-refractivity contribution in [3.63, 3.8) is 0 Å². The normalized spacial score (nSPS) is 10.5. The van der Waals surface area contributed by atoms with E-state index in [1.54, 1.807) is 0 Å². The number of hydrogen-bond acceptors (Lipinski definition) is 3. The minimum Gasteiger partial charge on any atom is -0.442 e. The van der Waals surface area contributed by atoms with Gasteiger partial charge in [-0.1, -0.05) is 0 Å². The highest BCUT2D eigenvalue weighted by atomic mass is 79.9. The molecule has 0 bridgehead atoms. The highest BCUT2D eigenvalue weighted by Crippen LogP contribution is 2.24. The van der Waals surface area contributed by atoms with Gasteiger partial charge < -0.3 is 9.21 Å². The third-order valence-electron chi connectivity index (χ3n) is 1.77. The largest absolute Gasteiger partial charge is 0.442 e. The van der Waals surface area contributed by atoms with E-state index in [0.29, 0.717) is 6.42 Å². The van der Waals surface area contributed by atoms with Crippen LogP contribution in [0.1, 0.15) is 5.56 Å². The smallest absolute Gasteiger partial charge is 0.182 e.